The van der Waals surface area contributed by atoms with Crippen molar-refractivity contribution in [1.29, 1.82) is 0 Å². The molecule has 0 aliphatic heterocycles. The number of hydrogen-bond donors (Lipinski definition) is 0. The number of allylic oxidation sites excluding steroid dienone is 2. The van der Waals surface area contributed by atoms with E-state index in [0.717, 1.165) is 16.3 Å². The fourth-order valence-corrected chi connectivity index (χ4v) is 3.00. The van der Waals surface area contributed by atoms with Gasteiger partial charge in [-0.15, -0.1) is 0 Å². The van der Waals surface area contributed by atoms with Crippen molar-refractivity contribution < 1.29 is 19.1 Å². The van der Waals surface area contributed by atoms with Gasteiger partial charge in [0.1, 0.15) is 18.5 Å². The highest BCUT2D eigenvalue weighted by Gasteiger charge is 2.40. The van der Waals surface area contributed by atoms with Crippen molar-refractivity contribution in [1.82, 2.24) is 0 Å². The van der Waals surface area contributed by atoms with Crippen LogP contribution in [0.2, 0.25) is 0 Å². The lowest BCUT2D eigenvalue weighted by Gasteiger charge is -2.20. The lowest BCUT2D eigenvalue weighted by Crippen LogP contribution is -2.25. The number of aldehydes is 2. The Labute approximate surface area is 126 Å². The monoisotopic (exact) mass is 376 g/mol. The summed E-state index contributed by atoms with van der Waals surface area (Å²) in [6.07, 6.45) is 3.17. The number of ether oxygens (including phenoxy) is 1. The molecule has 0 radical (unpaired) electrons. The summed E-state index contributed by atoms with van der Waals surface area (Å²) in [5.74, 6) is -2.01. The van der Waals surface area contributed by atoms with Gasteiger partial charge in [0.2, 0.25) is 0 Å². The molecule has 0 saturated heterocycles. The van der Waals surface area contributed by atoms with Crippen LogP contribution in [0.5, 0.6) is 0 Å². The van der Waals surface area contributed by atoms with Crippen molar-refractivity contribution >= 4 is 41.1 Å². The Hall–Kier alpha value is -0.980. The minimum absolute atomic E-state index is 0.0156. The predicted octanol–water partition coefficient (Wildman–Crippen LogP) is 1.97. The van der Waals surface area contributed by atoms with Crippen molar-refractivity contribution in [2.45, 2.75) is 6.92 Å². The van der Waals surface area contributed by atoms with Gasteiger partial charge in [0, 0.05) is 16.3 Å². The van der Waals surface area contributed by atoms with Crippen LogP contribution in [-0.4, -0.2) is 30.1 Å². The molecule has 0 heterocycles. The van der Waals surface area contributed by atoms with Crippen LogP contribution >= 0.6 is 22.6 Å². The molecule has 1 aliphatic rings. The summed E-state index contributed by atoms with van der Waals surface area (Å²) >= 11 is 2.21. The number of rotatable bonds is 6. The fourth-order valence-electron chi connectivity index (χ4n) is 2.49. The van der Waals surface area contributed by atoms with Gasteiger partial charge >= 0.3 is 5.97 Å². The smallest absolute Gasteiger partial charge is 0.320 e. The average molecular weight is 376 g/mol. The lowest BCUT2D eigenvalue weighted by molar-refractivity contribution is -0.145. The van der Waals surface area contributed by atoms with E-state index in [1.165, 1.54) is 7.11 Å². The molecule has 1 aliphatic carbocycles. The lowest BCUT2D eigenvalue weighted by atomic mass is 9.83. The summed E-state index contributed by atoms with van der Waals surface area (Å²) in [4.78, 5) is 34.0. The molecule has 4 nitrogen and oxygen atoms in total. The van der Waals surface area contributed by atoms with Gasteiger partial charge in [-0.2, -0.15) is 0 Å². The Morgan fingerprint density at radius 1 is 1.58 bits per heavy atom. The van der Waals surface area contributed by atoms with Gasteiger partial charge in [0.15, 0.2) is 0 Å². The summed E-state index contributed by atoms with van der Waals surface area (Å²) in [5, 5.41) is 0. The van der Waals surface area contributed by atoms with Gasteiger partial charge in [-0.1, -0.05) is 47.7 Å². The minimum atomic E-state index is -0.991. The van der Waals surface area contributed by atoms with Crippen molar-refractivity contribution in [3.05, 3.63) is 23.8 Å². The first-order valence-corrected chi connectivity index (χ1v) is 7.48. The maximum atomic E-state index is 11.6. The minimum Gasteiger partial charge on any atom is -0.468 e. The molecule has 1 rings (SSSR count). The number of halogens is 1. The Kier molecular flexibility index (Phi) is 5.90. The maximum Gasteiger partial charge on any atom is 0.320 e. The third-order valence-electron chi connectivity index (χ3n) is 3.63. The summed E-state index contributed by atoms with van der Waals surface area (Å²) in [5.41, 5.74) is 1.53. The van der Waals surface area contributed by atoms with E-state index in [0.29, 0.717) is 11.9 Å². The normalized spacial score (nSPS) is 27.3. The Morgan fingerprint density at radius 2 is 2.21 bits per heavy atom. The SMILES string of the molecule is C=C(CI)C1C=C(C(C=O)C(=O)OC)C(C=O)C1C. The molecule has 0 aromatic rings. The zero-order valence-corrected chi connectivity index (χ0v) is 13.1. The number of methoxy groups -OCH3 is 1. The highest BCUT2D eigenvalue weighted by atomic mass is 127. The van der Waals surface area contributed by atoms with Crippen molar-refractivity contribution in [3.8, 4) is 0 Å². The molecule has 4 atom stereocenters. The summed E-state index contributed by atoms with van der Waals surface area (Å²) in [6.45, 7) is 5.92. The van der Waals surface area contributed by atoms with E-state index in [-0.39, 0.29) is 11.8 Å². The second-order valence-electron chi connectivity index (χ2n) is 4.64. The molecular formula is C14H17IO4. The largest absolute Gasteiger partial charge is 0.468 e. The van der Waals surface area contributed by atoms with Crippen LogP contribution in [-0.2, 0) is 19.1 Å². The van der Waals surface area contributed by atoms with E-state index >= 15 is 0 Å². The van der Waals surface area contributed by atoms with Crippen LogP contribution < -0.4 is 0 Å². The molecule has 5 heteroatoms. The topological polar surface area (TPSA) is 60.4 Å². The van der Waals surface area contributed by atoms with Gasteiger partial charge in [0.05, 0.1) is 7.11 Å². The molecule has 104 valence electrons. The van der Waals surface area contributed by atoms with Crippen LogP contribution in [0.25, 0.3) is 0 Å². The Morgan fingerprint density at radius 3 is 2.63 bits per heavy atom. The molecule has 0 spiro atoms. The second-order valence-corrected chi connectivity index (χ2v) is 5.41. The maximum absolute atomic E-state index is 11.6. The molecule has 0 bridgehead atoms. The van der Waals surface area contributed by atoms with E-state index < -0.39 is 17.8 Å². The van der Waals surface area contributed by atoms with Crippen LogP contribution in [0.1, 0.15) is 6.92 Å². The van der Waals surface area contributed by atoms with Crippen LogP contribution in [0.3, 0.4) is 0 Å². The standard InChI is InChI=1S/C14H17IO4/c1-8(5-15)10-4-11(12(6-16)9(10)2)13(7-17)14(18)19-3/h4,6-7,9-10,12-13H,1,5H2,2-3H3. The summed E-state index contributed by atoms with van der Waals surface area (Å²) in [7, 11) is 1.23. The molecule has 0 amide bonds. The Balaban J connectivity index is 3.14. The zero-order valence-electron chi connectivity index (χ0n) is 11.0. The molecular weight excluding hydrogens is 359 g/mol. The van der Waals surface area contributed by atoms with Crippen LogP contribution in [0.15, 0.2) is 23.8 Å². The van der Waals surface area contributed by atoms with E-state index in [4.69, 9.17) is 0 Å². The Bertz CT molecular complexity index is 427. The quantitative estimate of drug-likeness (QED) is 0.178. The van der Waals surface area contributed by atoms with Crippen molar-refractivity contribution in [2.24, 2.45) is 23.7 Å². The van der Waals surface area contributed by atoms with Gasteiger partial charge in [-0.25, -0.2) is 0 Å². The number of alkyl halides is 1. The number of carbonyl (C=O) groups excluding carboxylic acids is 3. The van der Waals surface area contributed by atoms with Crippen molar-refractivity contribution in [2.75, 3.05) is 11.5 Å². The van der Waals surface area contributed by atoms with E-state index in [1.54, 1.807) is 0 Å². The summed E-state index contributed by atoms with van der Waals surface area (Å²) in [6, 6.07) is 0. The molecule has 0 saturated carbocycles. The van der Waals surface area contributed by atoms with Crippen LogP contribution in [0.4, 0.5) is 0 Å². The third kappa shape index (κ3) is 3.13. The number of carbonyl (C=O) groups is 3. The number of esters is 1. The molecule has 0 aromatic carbocycles. The fraction of sp³-hybridized carbons (Fsp3) is 0.500. The first-order valence-electron chi connectivity index (χ1n) is 5.95. The third-order valence-corrected chi connectivity index (χ3v) is 4.61. The summed E-state index contributed by atoms with van der Waals surface area (Å²) < 4.78 is 5.38. The molecule has 19 heavy (non-hydrogen) atoms. The van der Waals surface area contributed by atoms with E-state index in [9.17, 15) is 14.4 Å². The van der Waals surface area contributed by atoms with E-state index in [2.05, 4.69) is 33.9 Å². The average Bonchev–Trinajstić information content (AvgIpc) is 2.75. The van der Waals surface area contributed by atoms with E-state index in [1.807, 2.05) is 13.0 Å². The molecule has 0 fully saturated rings. The van der Waals surface area contributed by atoms with Gasteiger partial charge in [-0.3, -0.25) is 4.79 Å². The van der Waals surface area contributed by atoms with Crippen LogP contribution in [0, 0.1) is 23.7 Å². The van der Waals surface area contributed by atoms with Gasteiger partial charge < -0.3 is 14.3 Å². The zero-order chi connectivity index (χ0) is 14.6. The number of hydrogen-bond acceptors (Lipinski definition) is 4. The highest BCUT2D eigenvalue weighted by molar-refractivity contribution is 14.1. The predicted molar refractivity (Wildman–Crippen MR) is 79.9 cm³/mol. The second kappa shape index (κ2) is 6.98. The van der Waals surface area contributed by atoms with Gasteiger partial charge in [-0.05, 0) is 11.5 Å². The molecule has 0 N–H and O–H groups in total. The first-order chi connectivity index (χ1) is 9.01. The first kappa shape index (κ1) is 16.1. The van der Waals surface area contributed by atoms with Crippen molar-refractivity contribution in [3.63, 3.8) is 0 Å². The molecule has 0 aromatic heterocycles. The molecule has 4 unspecified atom stereocenters. The van der Waals surface area contributed by atoms with Gasteiger partial charge in [0.25, 0.3) is 0 Å². The highest BCUT2D eigenvalue weighted by Crippen LogP contribution is 2.41.